The number of hydrogen-bond donors (Lipinski definition) is 8. The second-order valence-electron chi connectivity index (χ2n) is 16.3. The molecule has 16 heteroatoms. The Balaban J connectivity index is 0.00000181. The van der Waals surface area contributed by atoms with Crippen LogP contribution in [0.15, 0.2) is 24.3 Å². The fourth-order valence-corrected chi connectivity index (χ4v) is 10.2. The summed E-state index contributed by atoms with van der Waals surface area (Å²) in [5, 5.41) is 75.8. The van der Waals surface area contributed by atoms with Crippen LogP contribution >= 0.6 is 0 Å². The van der Waals surface area contributed by atoms with Gasteiger partial charge < -0.3 is 56.0 Å². The number of carbonyl (C=O) groups excluding carboxylic acids is 1. The molecule has 7 rings (SSSR count). The van der Waals surface area contributed by atoms with Crippen molar-refractivity contribution in [1.29, 1.82) is 5.26 Å². The number of rotatable bonds is 17. The van der Waals surface area contributed by atoms with Crippen LogP contribution in [0.25, 0.3) is 0 Å². The molecule has 9 N–H and O–H groups in total. The van der Waals surface area contributed by atoms with Crippen molar-refractivity contribution in [2.24, 2.45) is 28.9 Å². The van der Waals surface area contributed by atoms with Crippen LogP contribution in [-0.2, 0) is 27.4 Å². The number of aliphatic hydroxyl groups excluding tert-OH is 5. The highest BCUT2D eigenvalue weighted by molar-refractivity contribution is 5.84. The Kier molecular flexibility index (Phi) is 13.6. The average Bonchev–Trinajstić information content (AvgIpc) is 3.81. The Bertz CT molecular complexity index is 1480. The van der Waals surface area contributed by atoms with E-state index < -0.39 is 48.8 Å². The van der Waals surface area contributed by atoms with E-state index >= 15 is 0 Å². The summed E-state index contributed by atoms with van der Waals surface area (Å²) in [6, 6.07) is 8.90. The van der Waals surface area contributed by atoms with Crippen molar-refractivity contribution in [3.8, 4) is 6.07 Å². The smallest absolute Gasteiger partial charge is 0.407 e. The second-order valence-corrected chi connectivity index (χ2v) is 16.3. The highest BCUT2D eigenvalue weighted by Crippen LogP contribution is 2.64. The molecule has 1 aliphatic heterocycles. The van der Waals surface area contributed by atoms with Gasteiger partial charge in [0.1, 0.15) is 24.4 Å². The number of likely N-dealkylation sites (N-methyl/N-ethyl adjacent to an activating group) is 1. The van der Waals surface area contributed by atoms with Crippen molar-refractivity contribution in [2.45, 2.75) is 120 Å². The van der Waals surface area contributed by atoms with Crippen LogP contribution < -0.4 is 5.73 Å². The number of benzene rings is 1. The molecule has 54 heavy (non-hydrogen) atoms. The number of likely N-dealkylation sites (tertiary alicyclic amines) is 1. The lowest BCUT2D eigenvalue weighted by atomic mass is 9.46. The SMILES string of the molecule is CCN(Cc1ccc(CN(CCOC23CC4C[C@H](C2)CC([C@H](N)C(=O)N2[C@H](C#N)C[C@@H]5C[C@@H]52)(C4)C3)C(=O)O)cc1)C[C@H](O)[C@@H](O)[C@H](O)[C@H](O)CO.O=CO. The lowest BCUT2D eigenvalue weighted by molar-refractivity contribution is -0.201. The van der Waals surface area contributed by atoms with Gasteiger partial charge in [-0.2, -0.15) is 5.26 Å². The van der Waals surface area contributed by atoms with Gasteiger partial charge in [0, 0.05) is 32.2 Å². The number of nitriles is 1. The van der Waals surface area contributed by atoms with Gasteiger partial charge in [-0.05, 0) is 92.2 Å². The van der Waals surface area contributed by atoms with E-state index in [0.717, 1.165) is 56.1 Å². The molecule has 300 valence electrons. The molecular weight excluding hydrogens is 702 g/mol. The first-order valence-electron chi connectivity index (χ1n) is 19.0. The van der Waals surface area contributed by atoms with Crippen LogP contribution in [0.4, 0.5) is 4.79 Å². The zero-order valence-corrected chi connectivity index (χ0v) is 30.9. The molecule has 1 aromatic rings. The molecule has 2 amide bonds. The minimum absolute atomic E-state index is 0.0226. The number of ether oxygens (including phenoxy) is 1. The minimum atomic E-state index is -1.69. The summed E-state index contributed by atoms with van der Waals surface area (Å²) in [5.74, 6) is 1.18. The van der Waals surface area contributed by atoms with Gasteiger partial charge in [0.25, 0.3) is 6.47 Å². The molecule has 5 aliphatic carbocycles. The highest BCUT2D eigenvalue weighted by Gasteiger charge is 2.63. The number of hydrogen-bond acceptors (Lipinski definition) is 12. The normalized spacial score (nSPS) is 31.7. The number of carbonyl (C=O) groups is 3. The first-order chi connectivity index (χ1) is 25.7. The van der Waals surface area contributed by atoms with Gasteiger partial charge in [-0.15, -0.1) is 0 Å². The van der Waals surface area contributed by atoms with E-state index in [9.17, 15) is 40.4 Å². The van der Waals surface area contributed by atoms with E-state index in [0.29, 0.717) is 37.3 Å². The van der Waals surface area contributed by atoms with E-state index in [4.69, 9.17) is 25.5 Å². The van der Waals surface area contributed by atoms with Gasteiger partial charge in [-0.3, -0.25) is 14.5 Å². The maximum Gasteiger partial charge on any atom is 0.407 e. The zero-order chi connectivity index (χ0) is 39.4. The Labute approximate surface area is 315 Å². The van der Waals surface area contributed by atoms with Gasteiger partial charge in [0.05, 0.1) is 37.0 Å². The molecule has 3 unspecified atom stereocenters. The number of amides is 2. The molecule has 5 saturated carbocycles. The van der Waals surface area contributed by atoms with Crippen molar-refractivity contribution in [2.75, 3.05) is 32.8 Å². The molecule has 16 nitrogen and oxygen atoms in total. The molecule has 1 aromatic carbocycles. The summed E-state index contributed by atoms with van der Waals surface area (Å²) in [5.41, 5.74) is 7.78. The van der Waals surface area contributed by atoms with Crippen molar-refractivity contribution >= 4 is 18.5 Å². The third kappa shape index (κ3) is 9.17. The number of fused-ring (bicyclic) bond motifs is 1. The molecule has 4 bridgehead atoms. The lowest BCUT2D eigenvalue weighted by Gasteiger charge is -2.63. The van der Waals surface area contributed by atoms with Gasteiger partial charge in [-0.1, -0.05) is 31.2 Å². The molecule has 1 heterocycles. The molecule has 0 radical (unpaired) electrons. The fraction of sp³-hybridized carbons (Fsp3) is 0.737. The predicted molar refractivity (Wildman–Crippen MR) is 192 cm³/mol. The summed E-state index contributed by atoms with van der Waals surface area (Å²) in [6.07, 6.45) is -0.204. The zero-order valence-electron chi connectivity index (χ0n) is 30.9. The number of carboxylic acid groups (broad SMARTS) is 2. The Morgan fingerprint density at radius 1 is 1.02 bits per heavy atom. The molecule has 12 atom stereocenters. The molecular formula is C38H57N5O11. The first kappa shape index (κ1) is 41.8. The summed E-state index contributed by atoms with van der Waals surface area (Å²) in [4.78, 5) is 39.5. The molecule has 0 spiro atoms. The van der Waals surface area contributed by atoms with Crippen molar-refractivity contribution in [3.05, 3.63) is 35.4 Å². The highest BCUT2D eigenvalue weighted by atomic mass is 16.5. The van der Waals surface area contributed by atoms with Gasteiger partial charge in [-0.25, -0.2) is 4.79 Å². The summed E-state index contributed by atoms with van der Waals surface area (Å²) < 4.78 is 6.65. The number of nitrogens with two attached hydrogens (primary N) is 1. The maximum atomic E-state index is 13.8. The third-order valence-corrected chi connectivity index (χ3v) is 12.5. The minimum Gasteiger partial charge on any atom is -0.483 e. The van der Waals surface area contributed by atoms with E-state index in [-0.39, 0.29) is 56.1 Å². The van der Waals surface area contributed by atoms with Gasteiger partial charge in [0.2, 0.25) is 5.91 Å². The second kappa shape index (κ2) is 17.6. The van der Waals surface area contributed by atoms with Crippen LogP contribution in [0.3, 0.4) is 0 Å². The Morgan fingerprint density at radius 3 is 2.17 bits per heavy atom. The molecule has 0 aromatic heterocycles. The standard InChI is InChI=1S/C37H55N5O9.CH2O2/c1-2-40(19-29(44)31(46)32(47)30(45)20-43)17-22-3-5-23(6-4-22)18-41(35(49)50)7-8-51-37-14-24-9-25(15-37)13-36(12-24,21-37)33(39)34(48)42-27(16-38)10-26-11-28(26)42;2-1-3/h3-6,24-33,43-47H,2,7-15,17-21,39H2,1H3,(H,49,50);1H,(H,2,3)/t24-,25?,26+,27-,28-,29-,30+,31+,32+,33+,36?,37?;/m0./s1. The van der Waals surface area contributed by atoms with Crippen molar-refractivity contribution < 1.29 is 54.9 Å². The van der Waals surface area contributed by atoms with E-state index in [1.54, 1.807) is 4.90 Å². The predicted octanol–water partition coefficient (Wildman–Crippen LogP) is 0.321. The third-order valence-electron chi connectivity index (χ3n) is 12.5. The summed E-state index contributed by atoms with van der Waals surface area (Å²) >= 11 is 0. The molecule has 1 saturated heterocycles. The van der Waals surface area contributed by atoms with Crippen molar-refractivity contribution in [3.63, 3.8) is 0 Å². The van der Waals surface area contributed by atoms with Crippen LogP contribution in [0.5, 0.6) is 0 Å². The van der Waals surface area contributed by atoms with Crippen molar-refractivity contribution in [1.82, 2.24) is 14.7 Å². The number of aliphatic hydroxyl groups is 5. The van der Waals surface area contributed by atoms with Crippen LogP contribution in [0.2, 0.25) is 0 Å². The lowest BCUT2D eigenvalue weighted by Crippen LogP contribution is -2.65. The topological polar surface area (TPSA) is 262 Å². The molecule has 6 aliphatic rings. The van der Waals surface area contributed by atoms with E-state index in [1.807, 2.05) is 36.1 Å². The first-order valence-corrected chi connectivity index (χ1v) is 19.0. The number of piperidine rings is 1. The monoisotopic (exact) mass is 759 g/mol. The fourth-order valence-electron chi connectivity index (χ4n) is 10.2. The summed E-state index contributed by atoms with van der Waals surface area (Å²) in [7, 11) is 0. The Morgan fingerprint density at radius 2 is 1.61 bits per heavy atom. The van der Waals surface area contributed by atoms with E-state index in [1.165, 1.54) is 4.90 Å². The maximum absolute atomic E-state index is 13.8. The summed E-state index contributed by atoms with van der Waals surface area (Å²) in [6.45, 7) is 2.47. The van der Waals surface area contributed by atoms with Crippen LogP contribution in [0, 0.1) is 34.5 Å². The average molecular weight is 760 g/mol. The van der Waals surface area contributed by atoms with Crippen LogP contribution in [0.1, 0.15) is 69.4 Å². The largest absolute Gasteiger partial charge is 0.483 e. The quantitative estimate of drug-likeness (QED) is 0.0996. The Hall–Kier alpha value is -3.40. The van der Waals surface area contributed by atoms with Gasteiger partial charge >= 0.3 is 6.09 Å². The molecule has 6 fully saturated rings. The van der Waals surface area contributed by atoms with E-state index in [2.05, 4.69) is 6.07 Å². The van der Waals surface area contributed by atoms with Crippen LogP contribution in [-0.4, -0.2) is 150 Å². The van der Waals surface area contributed by atoms with Gasteiger partial charge in [0.15, 0.2) is 0 Å². The number of nitrogens with zero attached hydrogens (tertiary/aromatic N) is 4.